The van der Waals surface area contributed by atoms with Crippen LogP contribution in [0.2, 0.25) is 5.02 Å². The molecule has 5 heteroatoms. The van der Waals surface area contributed by atoms with E-state index in [2.05, 4.69) is 5.32 Å². The van der Waals surface area contributed by atoms with E-state index in [1.54, 1.807) is 0 Å². The summed E-state index contributed by atoms with van der Waals surface area (Å²) in [6.45, 7) is 2.97. The Hall–Kier alpha value is -1.13. The van der Waals surface area contributed by atoms with Gasteiger partial charge in [-0.3, -0.25) is 4.79 Å². The van der Waals surface area contributed by atoms with E-state index in [-0.39, 0.29) is 11.6 Å². The minimum atomic E-state index is -1.43. The van der Waals surface area contributed by atoms with Crippen molar-refractivity contribution < 1.29 is 14.3 Å². The van der Waals surface area contributed by atoms with E-state index in [9.17, 15) is 14.3 Å². The van der Waals surface area contributed by atoms with E-state index >= 15 is 0 Å². The predicted molar refractivity (Wildman–Crippen MR) is 59.6 cm³/mol. The zero-order valence-electron chi connectivity index (χ0n) is 9.05. The van der Waals surface area contributed by atoms with Gasteiger partial charge in [0.2, 0.25) is 0 Å². The normalized spacial score (nSPS) is 11.3. The molecule has 0 spiro atoms. The van der Waals surface area contributed by atoms with E-state index < -0.39 is 17.3 Å². The topological polar surface area (TPSA) is 49.3 Å². The molecule has 1 aromatic rings. The highest BCUT2D eigenvalue weighted by atomic mass is 35.5. The van der Waals surface area contributed by atoms with E-state index in [0.717, 1.165) is 0 Å². The summed E-state index contributed by atoms with van der Waals surface area (Å²) in [7, 11) is 0. The molecule has 0 saturated heterocycles. The zero-order valence-corrected chi connectivity index (χ0v) is 9.81. The lowest BCUT2D eigenvalue weighted by atomic mass is 10.1. The quantitative estimate of drug-likeness (QED) is 0.854. The Morgan fingerprint density at radius 2 is 2.19 bits per heavy atom. The van der Waals surface area contributed by atoms with E-state index in [1.165, 1.54) is 32.0 Å². The van der Waals surface area contributed by atoms with Crippen LogP contribution in [0.5, 0.6) is 0 Å². The minimum Gasteiger partial charge on any atom is -0.381 e. The van der Waals surface area contributed by atoms with Crippen LogP contribution in [0.25, 0.3) is 0 Å². The lowest BCUT2D eigenvalue weighted by molar-refractivity contribution is -0.136. The highest BCUT2D eigenvalue weighted by Crippen LogP contribution is 2.15. The molecule has 0 unspecified atom stereocenters. The van der Waals surface area contributed by atoms with E-state index in [0.29, 0.717) is 5.56 Å². The van der Waals surface area contributed by atoms with Crippen molar-refractivity contribution in [1.82, 2.24) is 5.32 Å². The van der Waals surface area contributed by atoms with Gasteiger partial charge in [-0.05, 0) is 31.5 Å². The molecule has 0 aliphatic rings. The average molecular weight is 246 g/mol. The maximum Gasteiger partial charge on any atom is 0.251 e. The number of halogens is 2. The van der Waals surface area contributed by atoms with Gasteiger partial charge in [0.25, 0.3) is 5.91 Å². The Bertz CT molecular complexity index is 401. The van der Waals surface area contributed by atoms with Crippen LogP contribution in [-0.4, -0.2) is 16.6 Å². The van der Waals surface area contributed by atoms with Gasteiger partial charge >= 0.3 is 0 Å². The second-order valence-corrected chi connectivity index (χ2v) is 4.40. The Morgan fingerprint density at radius 3 is 2.69 bits per heavy atom. The molecule has 0 bridgehead atoms. The Kier molecular flexibility index (Phi) is 3.88. The molecule has 0 saturated carbocycles. The van der Waals surface area contributed by atoms with Crippen LogP contribution < -0.4 is 5.32 Å². The van der Waals surface area contributed by atoms with Gasteiger partial charge in [-0.2, -0.15) is 0 Å². The van der Waals surface area contributed by atoms with Crippen LogP contribution in [0, 0.1) is 5.82 Å². The van der Waals surface area contributed by atoms with Crippen molar-refractivity contribution >= 4 is 17.5 Å². The fourth-order valence-electron chi connectivity index (χ4n) is 1.05. The smallest absolute Gasteiger partial charge is 0.251 e. The van der Waals surface area contributed by atoms with Crippen LogP contribution >= 0.6 is 11.6 Å². The molecule has 0 radical (unpaired) electrons. The van der Waals surface area contributed by atoms with Gasteiger partial charge in [0.15, 0.2) is 0 Å². The lowest BCUT2D eigenvalue weighted by Crippen LogP contribution is -2.41. The minimum absolute atomic E-state index is 0.00927. The molecule has 0 atom stereocenters. The van der Waals surface area contributed by atoms with Crippen molar-refractivity contribution in [3.63, 3.8) is 0 Å². The number of aliphatic hydroxyl groups is 1. The largest absolute Gasteiger partial charge is 0.381 e. The second kappa shape index (κ2) is 4.80. The number of carbonyl (C=O) groups excluding carboxylic acids is 1. The summed E-state index contributed by atoms with van der Waals surface area (Å²) in [5.41, 5.74) is -0.756. The first kappa shape index (κ1) is 12.9. The van der Waals surface area contributed by atoms with Crippen molar-refractivity contribution in [2.45, 2.75) is 26.0 Å². The molecular weight excluding hydrogens is 233 g/mol. The molecule has 88 valence electrons. The van der Waals surface area contributed by atoms with Crippen LogP contribution in [0.1, 0.15) is 19.4 Å². The third kappa shape index (κ3) is 3.47. The molecule has 3 nitrogen and oxygen atoms in total. The van der Waals surface area contributed by atoms with Crippen LogP contribution in [0.4, 0.5) is 4.39 Å². The Morgan fingerprint density at radius 1 is 1.56 bits per heavy atom. The zero-order chi connectivity index (χ0) is 12.3. The summed E-state index contributed by atoms with van der Waals surface area (Å²) in [5, 5.41) is 11.9. The number of carbonyl (C=O) groups is 1. The van der Waals surface area contributed by atoms with Gasteiger partial charge in [0.05, 0.1) is 5.02 Å². The van der Waals surface area contributed by atoms with Gasteiger partial charge < -0.3 is 10.4 Å². The third-order valence-electron chi connectivity index (χ3n) is 1.99. The van der Waals surface area contributed by atoms with Crippen LogP contribution in [-0.2, 0) is 11.3 Å². The predicted octanol–water partition coefficient (Wildman–Crippen LogP) is 1.87. The SMILES string of the molecule is CC(C)(O)C(=O)NCc1ccc(F)c(Cl)c1. The number of hydrogen-bond donors (Lipinski definition) is 2. The highest BCUT2D eigenvalue weighted by Gasteiger charge is 2.22. The first-order chi connectivity index (χ1) is 7.30. The first-order valence-electron chi connectivity index (χ1n) is 4.75. The van der Waals surface area contributed by atoms with Crippen molar-refractivity contribution in [3.8, 4) is 0 Å². The molecule has 0 aromatic heterocycles. The molecular formula is C11H13ClFNO2. The highest BCUT2D eigenvalue weighted by molar-refractivity contribution is 6.30. The number of benzene rings is 1. The number of hydrogen-bond acceptors (Lipinski definition) is 2. The average Bonchev–Trinajstić information content (AvgIpc) is 2.18. The molecule has 0 aliphatic carbocycles. The standard InChI is InChI=1S/C11H13ClFNO2/c1-11(2,16)10(15)14-6-7-3-4-9(13)8(12)5-7/h3-5,16H,6H2,1-2H3,(H,14,15). The van der Waals surface area contributed by atoms with Crippen molar-refractivity contribution in [3.05, 3.63) is 34.6 Å². The molecule has 1 rings (SSSR count). The van der Waals surface area contributed by atoms with Gasteiger partial charge in [0.1, 0.15) is 11.4 Å². The maximum absolute atomic E-state index is 12.8. The monoisotopic (exact) mass is 245 g/mol. The maximum atomic E-state index is 12.8. The molecule has 16 heavy (non-hydrogen) atoms. The number of amides is 1. The van der Waals surface area contributed by atoms with Crippen LogP contribution in [0.3, 0.4) is 0 Å². The van der Waals surface area contributed by atoms with Crippen molar-refractivity contribution in [2.75, 3.05) is 0 Å². The van der Waals surface area contributed by atoms with E-state index in [1.807, 2.05) is 0 Å². The molecule has 0 fully saturated rings. The summed E-state index contributed by atoms with van der Waals surface area (Å²) in [6, 6.07) is 4.18. The molecule has 0 aliphatic heterocycles. The van der Waals surface area contributed by atoms with E-state index in [4.69, 9.17) is 11.6 Å². The van der Waals surface area contributed by atoms with Crippen LogP contribution in [0.15, 0.2) is 18.2 Å². The Balaban J connectivity index is 2.62. The second-order valence-electron chi connectivity index (χ2n) is 3.99. The van der Waals surface area contributed by atoms with Gasteiger partial charge in [-0.25, -0.2) is 4.39 Å². The summed E-state index contributed by atoms with van der Waals surface area (Å²) in [4.78, 5) is 11.3. The number of nitrogens with one attached hydrogen (secondary N) is 1. The third-order valence-corrected chi connectivity index (χ3v) is 2.28. The van der Waals surface area contributed by atoms with Gasteiger partial charge in [-0.1, -0.05) is 17.7 Å². The van der Waals surface area contributed by atoms with Gasteiger partial charge in [0, 0.05) is 6.54 Å². The summed E-state index contributed by atoms with van der Waals surface area (Å²) in [6.07, 6.45) is 0. The number of rotatable bonds is 3. The molecule has 1 aromatic carbocycles. The molecule has 1 amide bonds. The first-order valence-corrected chi connectivity index (χ1v) is 5.13. The molecule has 2 N–H and O–H groups in total. The fourth-order valence-corrected chi connectivity index (χ4v) is 1.25. The van der Waals surface area contributed by atoms with Crippen molar-refractivity contribution in [2.24, 2.45) is 0 Å². The lowest BCUT2D eigenvalue weighted by Gasteiger charge is -2.16. The summed E-state index contributed by atoms with van der Waals surface area (Å²) in [5.74, 6) is -0.993. The molecule has 0 heterocycles. The fraction of sp³-hybridized carbons (Fsp3) is 0.364. The van der Waals surface area contributed by atoms with Crippen molar-refractivity contribution in [1.29, 1.82) is 0 Å². The Labute approximate surface area is 98.2 Å². The summed E-state index contributed by atoms with van der Waals surface area (Å²) < 4.78 is 12.8. The summed E-state index contributed by atoms with van der Waals surface area (Å²) >= 11 is 5.58. The van der Waals surface area contributed by atoms with Gasteiger partial charge in [-0.15, -0.1) is 0 Å².